The van der Waals surface area contributed by atoms with E-state index in [0.29, 0.717) is 25.3 Å². The van der Waals surface area contributed by atoms with Crippen LogP contribution in [0, 0.1) is 6.92 Å². The molecule has 0 radical (unpaired) electrons. The summed E-state index contributed by atoms with van der Waals surface area (Å²) in [4.78, 5) is 12.1. The molecule has 1 atom stereocenters. The third kappa shape index (κ3) is 4.63. The minimum Gasteiger partial charge on any atom is -0.354 e. The average molecular weight is 350 g/mol. The van der Waals surface area contributed by atoms with Crippen molar-refractivity contribution in [1.82, 2.24) is 19.8 Å². The summed E-state index contributed by atoms with van der Waals surface area (Å²) in [6, 6.07) is -0.561. The molecule has 0 aromatic carbocycles. The van der Waals surface area contributed by atoms with Crippen molar-refractivity contribution in [3.8, 4) is 0 Å². The van der Waals surface area contributed by atoms with Crippen LogP contribution in [0.1, 0.15) is 17.8 Å². The molecule has 0 unspecified atom stereocenters. The Labute approximate surface area is 132 Å². The molecule has 1 N–H and O–H groups in total. The molecule has 0 bridgehead atoms. The Bertz CT molecular complexity index is 602. The van der Waals surface area contributed by atoms with Gasteiger partial charge < -0.3 is 5.32 Å². The summed E-state index contributed by atoms with van der Waals surface area (Å²) in [5, 5.41) is 11.6. The molecule has 2 heterocycles. The van der Waals surface area contributed by atoms with Crippen molar-refractivity contribution in [1.29, 1.82) is 0 Å². The Morgan fingerprint density at radius 1 is 1.52 bits per heavy atom. The van der Waals surface area contributed by atoms with Gasteiger partial charge in [-0.05, 0) is 19.8 Å². The molecular weight excluding hydrogens is 332 g/mol. The van der Waals surface area contributed by atoms with Crippen LogP contribution in [0.15, 0.2) is 4.34 Å². The van der Waals surface area contributed by atoms with E-state index < -0.39 is 16.1 Å². The van der Waals surface area contributed by atoms with Gasteiger partial charge in [-0.1, -0.05) is 23.1 Å². The second kappa shape index (κ2) is 7.03. The molecule has 1 aromatic heterocycles. The van der Waals surface area contributed by atoms with Crippen LogP contribution in [0.3, 0.4) is 0 Å². The molecule has 0 spiro atoms. The summed E-state index contributed by atoms with van der Waals surface area (Å²) >= 11 is 3.05. The van der Waals surface area contributed by atoms with Crippen LogP contribution in [0.5, 0.6) is 0 Å². The summed E-state index contributed by atoms with van der Waals surface area (Å²) in [6.07, 6.45) is 2.46. The number of aryl methyl sites for hydroxylation is 1. The van der Waals surface area contributed by atoms with Crippen LogP contribution in [0.4, 0.5) is 0 Å². The average Bonchev–Trinajstić information content (AvgIpc) is 3.02. The standard InChI is InChI=1S/C11H18N4O3S3/c1-8-13-14-11(20-8)19-7-5-12-10(16)9-4-3-6-15(9)21(2,17)18/h9H,3-7H2,1-2H3,(H,12,16)/t9-/m0/s1. The number of carbonyl (C=O) groups is 1. The number of rotatable bonds is 6. The van der Waals surface area contributed by atoms with Crippen LogP contribution >= 0.6 is 23.1 Å². The minimum atomic E-state index is -3.32. The van der Waals surface area contributed by atoms with Gasteiger partial charge in [0.15, 0.2) is 4.34 Å². The number of aromatic nitrogens is 2. The highest BCUT2D eigenvalue weighted by Gasteiger charge is 2.36. The van der Waals surface area contributed by atoms with Gasteiger partial charge >= 0.3 is 0 Å². The van der Waals surface area contributed by atoms with E-state index >= 15 is 0 Å². The molecule has 21 heavy (non-hydrogen) atoms. The van der Waals surface area contributed by atoms with Gasteiger partial charge in [0.1, 0.15) is 11.0 Å². The number of carbonyl (C=O) groups excluding carboxylic acids is 1. The Balaban J connectivity index is 1.76. The molecule has 1 aliphatic rings. The van der Waals surface area contributed by atoms with Gasteiger partial charge in [-0.3, -0.25) is 4.79 Å². The van der Waals surface area contributed by atoms with Crippen molar-refractivity contribution < 1.29 is 13.2 Å². The van der Waals surface area contributed by atoms with Crippen molar-refractivity contribution in [3.05, 3.63) is 5.01 Å². The normalized spacial score (nSPS) is 19.8. The number of nitrogens with zero attached hydrogens (tertiary/aromatic N) is 3. The summed E-state index contributed by atoms with van der Waals surface area (Å²) in [5.41, 5.74) is 0. The fraction of sp³-hybridized carbons (Fsp3) is 0.727. The van der Waals surface area contributed by atoms with Gasteiger partial charge in [0.05, 0.1) is 6.26 Å². The first-order valence-corrected chi connectivity index (χ1v) is 10.2. The lowest BCUT2D eigenvalue weighted by Gasteiger charge is -2.21. The summed E-state index contributed by atoms with van der Waals surface area (Å²) in [5.74, 6) is 0.471. The first kappa shape index (κ1) is 16.7. The molecule has 1 fully saturated rings. The maximum atomic E-state index is 12.1. The highest BCUT2D eigenvalue weighted by Crippen LogP contribution is 2.22. The van der Waals surface area contributed by atoms with E-state index in [9.17, 15) is 13.2 Å². The van der Waals surface area contributed by atoms with Gasteiger partial charge in [0, 0.05) is 18.8 Å². The number of sulfonamides is 1. The third-order valence-corrected chi connectivity index (χ3v) is 6.33. The maximum absolute atomic E-state index is 12.1. The van der Waals surface area contributed by atoms with Crippen LogP contribution < -0.4 is 5.32 Å². The van der Waals surface area contributed by atoms with Gasteiger partial charge in [0.25, 0.3) is 0 Å². The number of hydrogen-bond acceptors (Lipinski definition) is 7. The van der Waals surface area contributed by atoms with Crippen LogP contribution in [0.2, 0.25) is 0 Å². The van der Waals surface area contributed by atoms with Crippen molar-refractivity contribution in [2.45, 2.75) is 30.1 Å². The van der Waals surface area contributed by atoms with Gasteiger partial charge in [-0.2, -0.15) is 4.31 Å². The SMILES string of the molecule is Cc1nnc(SCCNC(=O)[C@@H]2CCCN2S(C)(=O)=O)s1. The molecule has 1 saturated heterocycles. The smallest absolute Gasteiger partial charge is 0.238 e. The van der Waals surface area contributed by atoms with Gasteiger partial charge in [0.2, 0.25) is 15.9 Å². The molecule has 1 aromatic rings. The fourth-order valence-electron chi connectivity index (χ4n) is 2.17. The molecular formula is C11H18N4O3S3. The maximum Gasteiger partial charge on any atom is 0.238 e. The molecule has 118 valence electrons. The summed E-state index contributed by atoms with van der Waals surface area (Å²) in [6.45, 7) is 2.80. The lowest BCUT2D eigenvalue weighted by atomic mass is 10.2. The first-order chi connectivity index (χ1) is 9.88. The number of thioether (sulfide) groups is 1. The van der Waals surface area contributed by atoms with Crippen LogP contribution in [0.25, 0.3) is 0 Å². The molecule has 10 heteroatoms. The fourth-order valence-corrected chi connectivity index (χ4v) is 5.03. The Morgan fingerprint density at radius 3 is 2.90 bits per heavy atom. The lowest BCUT2D eigenvalue weighted by molar-refractivity contribution is -0.124. The highest BCUT2D eigenvalue weighted by atomic mass is 32.2. The van der Waals surface area contributed by atoms with Crippen LogP contribution in [-0.4, -0.2) is 60.0 Å². The van der Waals surface area contributed by atoms with Gasteiger partial charge in [-0.25, -0.2) is 8.42 Å². The molecule has 7 nitrogen and oxygen atoms in total. The Kier molecular flexibility index (Phi) is 5.58. The molecule has 1 amide bonds. The predicted molar refractivity (Wildman–Crippen MR) is 83.0 cm³/mol. The number of amides is 1. The zero-order chi connectivity index (χ0) is 15.5. The zero-order valence-electron chi connectivity index (χ0n) is 11.9. The molecule has 2 rings (SSSR count). The van der Waals surface area contributed by atoms with E-state index in [-0.39, 0.29) is 5.91 Å². The van der Waals surface area contributed by atoms with Crippen molar-refractivity contribution in [3.63, 3.8) is 0 Å². The Hall–Kier alpha value is -0.710. The predicted octanol–water partition coefficient (Wildman–Crippen LogP) is 0.479. The van der Waals surface area contributed by atoms with E-state index in [0.717, 1.165) is 22.0 Å². The lowest BCUT2D eigenvalue weighted by Crippen LogP contribution is -2.45. The molecule has 1 aliphatic heterocycles. The van der Waals surface area contributed by atoms with Gasteiger partial charge in [-0.15, -0.1) is 10.2 Å². The summed E-state index contributed by atoms with van der Waals surface area (Å²) < 4.78 is 25.3. The monoisotopic (exact) mass is 350 g/mol. The van der Waals surface area contributed by atoms with E-state index in [4.69, 9.17) is 0 Å². The molecule has 0 aliphatic carbocycles. The van der Waals surface area contributed by atoms with E-state index in [1.165, 1.54) is 27.4 Å². The number of nitrogens with one attached hydrogen (secondary N) is 1. The van der Waals surface area contributed by atoms with Crippen molar-refractivity contribution in [2.24, 2.45) is 0 Å². The molecule has 0 saturated carbocycles. The second-order valence-corrected chi connectivity index (χ2v) is 9.22. The first-order valence-electron chi connectivity index (χ1n) is 6.55. The zero-order valence-corrected chi connectivity index (χ0v) is 14.4. The van der Waals surface area contributed by atoms with Crippen molar-refractivity contribution >= 4 is 39.0 Å². The largest absolute Gasteiger partial charge is 0.354 e. The quantitative estimate of drug-likeness (QED) is 0.592. The highest BCUT2D eigenvalue weighted by molar-refractivity contribution is 8.01. The van der Waals surface area contributed by atoms with E-state index in [1.54, 1.807) is 0 Å². The minimum absolute atomic E-state index is 0.216. The van der Waals surface area contributed by atoms with E-state index in [2.05, 4.69) is 15.5 Å². The third-order valence-electron chi connectivity index (χ3n) is 3.07. The second-order valence-electron chi connectivity index (χ2n) is 4.76. The van der Waals surface area contributed by atoms with Crippen molar-refractivity contribution in [2.75, 3.05) is 25.1 Å². The van der Waals surface area contributed by atoms with Crippen LogP contribution in [-0.2, 0) is 14.8 Å². The summed E-state index contributed by atoms with van der Waals surface area (Å²) in [7, 11) is -3.32. The number of hydrogen-bond donors (Lipinski definition) is 1. The topological polar surface area (TPSA) is 92.3 Å². The van der Waals surface area contributed by atoms with E-state index in [1.807, 2.05) is 6.92 Å². The Morgan fingerprint density at radius 2 is 2.29 bits per heavy atom.